The monoisotopic (exact) mass is 562 g/mol. The summed E-state index contributed by atoms with van der Waals surface area (Å²) >= 11 is 0. The second-order valence-corrected chi connectivity index (χ2v) is 10.8. The van der Waals surface area contributed by atoms with Crippen LogP contribution in [0.1, 0.15) is 59.5 Å². The number of pyridine rings is 1. The van der Waals surface area contributed by atoms with Crippen molar-refractivity contribution in [3.8, 4) is 0 Å². The lowest BCUT2D eigenvalue weighted by molar-refractivity contribution is -0.133. The number of rotatable bonds is 9. The van der Waals surface area contributed by atoms with Crippen LogP contribution in [-0.4, -0.2) is 59.3 Å². The van der Waals surface area contributed by atoms with Gasteiger partial charge in [0.2, 0.25) is 5.91 Å². The number of nitrogens with zero attached hydrogens (tertiary/aromatic N) is 3. The number of amides is 2. The highest BCUT2D eigenvalue weighted by atomic mass is 19.2. The third-order valence-corrected chi connectivity index (χ3v) is 7.98. The Kier molecular flexibility index (Phi) is 9.08. The lowest BCUT2D eigenvalue weighted by Crippen LogP contribution is -2.45. The summed E-state index contributed by atoms with van der Waals surface area (Å²) in [4.78, 5) is 33.3. The molecule has 2 fully saturated rings. The minimum atomic E-state index is -0.942. The van der Waals surface area contributed by atoms with Crippen LogP contribution < -0.4 is 16.4 Å². The number of carbonyl (C=O) groups excluding carboxylic acids is 2. The smallest absolute Gasteiger partial charge is 0.252 e. The van der Waals surface area contributed by atoms with Gasteiger partial charge in [-0.15, -0.1) is 0 Å². The molecule has 2 amide bonds. The number of nitrogens with one attached hydrogen (secondary N) is 2. The van der Waals surface area contributed by atoms with Crippen molar-refractivity contribution in [2.24, 2.45) is 5.73 Å². The normalized spacial score (nSPS) is 16.4. The second-order valence-electron chi connectivity index (χ2n) is 10.8. The zero-order chi connectivity index (χ0) is 28.8. The molecule has 0 unspecified atom stereocenters. The van der Waals surface area contributed by atoms with E-state index in [1.54, 1.807) is 6.07 Å². The molecule has 0 bridgehead atoms. The third-order valence-electron chi connectivity index (χ3n) is 7.98. The summed E-state index contributed by atoms with van der Waals surface area (Å²) in [5.41, 5.74) is 8.16. The van der Waals surface area contributed by atoms with Crippen LogP contribution in [0.2, 0.25) is 0 Å². The molecule has 5 rings (SSSR count). The van der Waals surface area contributed by atoms with E-state index in [-0.39, 0.29) is 23.6 Å². The van der Waals surface area contributed by atoms with Gasteiger partial charge in [-0.05, 0) is 68.5 Å². The molecule has 0 radical (unpaired) electrons. The molecular weight excluding hydrogens is 526 g/mol. The summed E-state index contributed by atoms with van der Waals surface area (Å²) in [7, 11) is 0. The fraction of sp³-hybridized carbons (Fsp3) is 0.387. The summed E-state index contributed by atoms with van der Waals surface area (Å²) < 4.78 is 27.7. The average molecular weight is 563 g/mol. The highest BCUT2D eigenvalue weighted by molar-refractivity contribution is 5.98. The van der Waals surface area contributed by atoms with E-state index in [1.165, 1.54) is 43.2 Å². The maximum atomic E-state index is 14.1. The van der Waals surface area contributed by atoms with Crippen LogP contribution in [0.5, 0.6) is 0 Å². The van der Waals surface area contributed by atoms with E-state index >= 15 is 0 Å². The number of piperidine rings is 2. The number of halogens is 2. The zero-order valence-electron chi connectivity index (χ0n) is 23.0. The fourth-order valence-electron chi connectivity index (χ4n) is 5.60. The van der Waals surface area contributed by atoms with E-state index in [0.29, 0.717) is 24.0 Å². The van der Waals surface area contributed by atoms with Gasteiger partial charge in [0.05, 0.1) is 17.8 Å². The first-order valence-corrected chi connectivity index (χ1v) is 14.2. The Balaban J connectivity index is 1.17. The highest BCUT2D eigenvalue weighted by Gasteiger charge is 2.25. The van der Waals surface area contributed by atoms with E-state index in [0.717, 1.165) is 50.8 Å². The Hall–Kier alpha value is -4.05. The van der Waals surface area contributed by atoms with Gasteiger partial charge in [-0.1, -0.05) is 30.7 Å². The first-order valence-electron chi connectivity index (χ1n) is 14.2. The Morgan fingerprint density at radius 3 is 2.41 bits per heavy atom. The van der Waals surface area contributed by atoms with Gasteiger partial charge in [-0.2, -0.15) is 0 Å². The van der Waals surface area contributed by atoms with Gasteiger partial charge in [0.15, 0.2) is 11.6 Å². The number of likely N-dealkylation sites (tertiary alicyclic amines) is 2. The molecule has 4 N–H and O–H groups in total. The van der Waals surface area contributed by atoms with Crippen LogP contribution in [0, 0.1) is 11.6 Å². The minimum Gasteiger partial charge on any atom is -0.380 e. The maximum Gasteiger partial charge on any atom is 0.252 e. The molecule has 8 nitrogen and oxygen atoms in total. The number of anilines is 3. The molecule has 41 heavy (non-hydrogen) atoms. The summed E-state index contributed by atoms with van der Waals surface area (Å²) in [6.07, 6.45) is 6.87. The molecule has 0 saturated carbocycles. The van der Waals surface area contributed by atoms with Gasteiger partial charge >= 0.3 is 0 Å². The van der Waals surface area contributed by atoms with Crippen molar-refractivity contribution in [1.29, 1.82) is 0 Å². The third kappa shape index (κ3) is 7.18. The molecular formula is C31H36F2N6O2. The minimum absolute atomic E-state index is 0.0370. The molecule has 2 aliphatic heterocycles. The Morgan fingerprint density at radius 1 is 0.976 bits per heavy atom. The molecule has 2 aromatic carbocycles. The van der Waals surface area contributed by atoms with Gasteiger partial charge in [-0.25, -0.2) is 13.8 Å². The first kappa shape index (κ1) is 28.5. The lowest BCUT2D eigenvalue weighted by Gasteiger charge is -2.34. The quantitative estimate of drug-likeness (QED) is 0.339. The van der Waals surface area contributed by atoms with Crippen LogP contribution in [0.15, 0.2) is 54.7 Å². The average Bonchev–Trinajstić information content (AvgIpc) is 2.99. The van der Waals surface area contributed by atoms with Crippen molar-refractivity contribution in [2.75, 3.05) is 43.4 Å². The van der Waals surface area contributed by atoms with Gasteiger partial charge in [0.1, 0.15) is 5.82 Å². The summed E-state index contributed by atoms with van der Waals surface area (Å²) in [5.74, 6) is -1.46. The SMILES string of the molecule is NC(=O)c1cnc(Nc2ccc(C3CCN(C(=O)CN4CCCCC4)CC3)cc2)cc1NCc1cccc(F)c1F. The van der Waals surface area contributed by atoms with E-state index in [2.05, 4.69) is 32.7 Å². The van der Waals surface area contributed by atoms with Crippen molar-refractivity contribution in [2.45, 2.75) is 44.6 Å². The van der Waals surface area contributed by atoms with Crippen molar-refractivity contribution >= 4 is 29.0 Å². The predicted molar refractivity (Wildman–Crippen MR) is 155 cm³/mol. The van der Waals surface area contributed by atoms with Crippen molar-refractivity contribution < 1.29 is 18.4 Å². The van der Waals surface area contributed by atoms with Crippen molar-refractivity contribution in [3.05, 3.63) is 83.1 Å². The van der Waals surface area contributed by atoms with E-state index in [4.69, 9.17) is 5.73 Å². The van der Waals surface area contributed by atoms with Crippen LogP contribution in [0.25, 0.3) is 0 Å². The number of benzene rings is 2. The summed E-state index contributed by atoms with van der Waals surface area (Å²) in [6, 6.07) is 13.7. The van der Waals surface area contributed by atoms with Gasteiger partial charge < -0.3 is 21.3 Å². The van der Waals surface area contributed by atoms with Gasteiger partial charge in [-0.3, -0.25) is 14.5 Å². The van der Waals surface area contributed by atoms with Gasteiger partial charge in [0.25, 0.3) is 5.91 Å². The Bertz CT molecular complexity index is 1370. The fourth-order valence-corrected chi connectivity index (χ4v) is 5.60. The number of hydrogen-bond donors (Lipinski definition) is 3. The van der Waals surface area contributed by atoms with Crippen LogP contribution in [0.4, 0.5) is 26.0 Å². The van der Waals surface area contributed by atoms with Gasteiger partial charge in [0, 0.05) is 43.1 Å². The predicted octanol–water partition coefficient (Wildman–Crippen LogP) is 5.01. The number of nitrogens with two attached hydrogens (primary N) is 1. The molecule has 1 aromatic heterocycles. The highest BCUT2D eigenvalue weighted by Crippen LogP contribution is 2.30. The molecule has 0 atom stereocenters. The topological polar surface area (TPSA) is 104 Å². The van der Waals surface area contributed by atoms with Crippen LogP contribution in [0.3, 0.4) is 0 Å². The number of aromatic nitrogens is 1. The molecule has 2 saturated heterocycles. The standard InChI is InChI=1S/C31H36F2N6O2/c32-26-6-4-5-23(30(26)33)18-35-27-17-28(36-19-25(27)31(34)41)37-24-9-7-21(8-10-24)22-11-15-39(16-12-22)29(40)20-38-13-2-1-3-14-38/h4-10,17,19,22H,1-3,11-16,18,20H2,(H2,34,41)(H2,35,36,37). The Labute approximate surface area is 238 Å². The number of primary amides is 1. The van der Waals surface area contributed by atoms with E-state index in [1.807, 2.05) is 17.0 Å². The lowest BCUT2D eigenvalue weighted by atomic mass is 9.89. The molecule has 2 aliphatic rings. The Morgan fingerprint density at radius 2 is 1.71 bits per heavy atom. The van der Waals surface area contributed by atoms with E-state index < -0.39 is 17.5 Å². The molecule has 3 aromatic rings. The molecule has 10 heteroatoms. The number of hydrogen-bond acceptors (Lipinski definition) is 6. The van der Waals surface area contributed by atoms with Crippen LogP contribution in [-0.2, 0) is 11.3 Å². The van der Waals surface area contributed by atoms with Crippen molar-refractivity contribution in [1.82, 2.24) is 14.8 Å². The van der Waals surface area contributed by atoms with E-state index in [9.17, 15) is 18.4 Å². The van der Waals surface area contributed by atoms with Crippen molar-refractivity contribution in [3.63, 3.8) is 0 Å². The molecule has 216 valence electrons. The molecule has 0 spiro atoms. The largest absolute Gasteiger partial charge is 0.380 e. The summed E-state index contributed by atoms with van der Waals surface area (Å²) in [6.45, 7) is 4.12. The first-order chi connectivity index (χ1) is 19.9. The van der Waals surface area contributed by atoms with Crippen LogP contribution >= 0.6 is 0 Å². The second kappa shape index (κ2) is 13.1. The molecule has 3 heterocycles. The zero-order valence-corrected chi connectivity index (χ0v) is 23.0. The molecule has 0 aliphatic carbocycles. The summed E-state index contributed by atoms with van der Waals surface area (Å²) in [5, 5.41) is 6.20. The maximum absolute atomic E-state index is 14.1. The number of carbonyl (C=O) groups is 2.